The molecule has 6 nitrogen and oxygen atoms in total. The Kier molecular flexibility index (Phi) is 8.72. The van der Waals surface area contributed by atoms with Crippen molar-refractivity contribution >= 4 is 17.9 Å². The number of esters is 3. The lowest BCUT2D eigenvalue weighted by Crippen LogP contribution is -2.12. The Hall–Kier alpha value is -4.71. The number of aryl methyl sites for hydroxylation is 2. The first kappa shape index (κ1) is 29.3. The van der Waals surface area contributed by atoms with Crippen LogP contribution in [0.4, 0.5) is 0 Å². The van der Waals surface area contributed by atoms with E-state index in [9.17, 15) is 14.4 Å². The lowest BCUT2D eigenvalue weighted by Gasteiger charge is -2.15. The van der Waals surface area contributed by atoms with Gasteiger partial charge in [0.2, 0.25) is 0 Å². The molecule has 0 aliphatic heterocycles. The number of hydrogen-bond acceptors (Lipinski definition) is 6. The fraction of sp³-hybridized carbons (Fsp3) is 0.229. The Bertz CT molecular complexity index is 1590. The maximum atomic E-state index is 12.3. The highest BCUT2D eigenvalue weighted by molar-refractivity contribution is 5.91. The van der Waals surface area contributed by atoms with E-state index in [-0.39, 0.29) is 34.5 Å². The molecular formula is C35H34O6. The van der Waals surface area contributed by atoms with E-state index in [1.807, 2.05) is 25.1 Å². The van der Waals surface area contributed by atoms with Crippen molar-refractivity contribution in [2.45, 2.75) is 46.5 Å². The van der Waals surface area contributed by atoms with Gasteiger partial charge in [-0.25, -0.2) is 14.4 Å². The fourth-order valence-electron chi connectivity index (χ4n) is 4.72. The van der Waals surface area contributed by atoms with Crippen LogP contribution >= 0.6 is 0 Å². The first-order valence-electron chi connectivity index (χ1n) is 13.4. The topological polar surface area (TPSA) is 78.9 Å². The number of ether oxygens (including phenoxy) is 3. The Morgan fingerprint density at radius 2 is 1.32 bits per heavy atom. The van der Waals surface area contributed by atoms with E-state index >= 15 is 0 Å². The molecule has 0 spiro atoms. The van der Waals surface area contributed by atoms with Crippen molar-refractivity contribution in [3.8, 4) is 33.8 Å². The summed E-state index contributed by atoms with van der Waals surface area (Å²) in [5.41, 5.74) is 8.21. The molecular weight excluding hydrogens is 516 g/mol. The van der Waals surface area contributed by atoms with E-state index in [1.165, 1.54) is 11.1 Å². The summed E-state index contributed by atoms with van der Waals surface area (Å²) < 4.78 is 16.4. The van der Waals surface area contributed by atoms with Gasteiger partial charge in [-0.2, -0.15) is 0 Å². The van der Waals surface area contributed by atoms with Gasteiger partial charge in [0.25, 0.3) is 0 Å². The van der Waals surface area contributed by atoms with Crippen molar-refractivity contribution in [1.82, 2.24) is 0 Å². The molecule has 1 atom stereocenters. The van der Waals surface area contributed by atoms with Crippen LogP contribution in [0.2, 0.25) is 0 Å². The van der Waals surface area contributed by atoms with Crippen LogP contribution in [-0.2, 0) is 25.5 Å². The summed E-state index contributed by atoms with van der Waals surface area (Å²) in [5.74, 6) is -1.20. The Labute approximate surface area is 241 Å². The van der Waals surface area contributed by atoms with Gasteiger partial charge in [0.05, 0.1) is 6.61 Å². The van der Waals surface area contributed by atoms with Gasteiger partial charge in [0.15, 0.2) is 11.5 Å². The summed E-state index contributed by atoms with van der Waals surface area (Å²) in [6, 6.07) is 17.7. The molecule has 1 aliphatic carbocycles. The Morgan fingerprint density at radius 3 is 1.95 bits per heavy atom. The van der Waals surface area contributed by atoms with Crippen molar-refractivity contribution in [3.05, 3.63) is 108 Å². The molecule has 1 aliphatic rings. The molecule has 3 aromatic rings. The normalized spacial score (nSPS) is 13.6. The lowest BCUT2D eigenvalue weighted by molar-refractivity contribution is -0.139. The molecule has 0 saturated heterocycles. The van der Waals surface area contributed by atoms with Crippen molar-refractivity contribution in [1.29, 1.82) is 0 Å². The predicted molar refractivity (Wildman–Crippen MR) is 160 cm³/mol. The third kappa shape index (κ3) is 6.72. The van der Waals surface area contributed by atoms with Gasteiger partial charge in [-0.3, -0.25) is 0 Å². The van der Waals surface area contributed by atoms with Gasteiger partial charge in [-0.15, -0.1) is 0 Å². The van der Waals surface area contributed by atoms with Crippen LogP contribution < -0.4 is 9.47 Å². The number of hydrogen-bond donors (Lipinski definition) is 0. The van der Waals surface area contributed by atoms with Crippen molar-refractivity contribution in [2.75, 3.05) is 6.61 Å². The molecule has 0 heterocycles. The van der Waals surface area contributed by atoms with E-state index < -0.39 is 11.9 Å². The van der Waals surface area contributed by atoms with E-state index in [1.54, 1.807) is 32.9 Å². The Balaban J connectivity index is 1.62. The summed E-state index contributed by atoms with van der Waals surface area (Å²) >= 11 is 0. The number of carbonyl (C=O) groups is 3. The van der Waals surface area contributed by atoms with Crippen LogP contribution in [0.25, 0.3) is 22.3 Å². The zero-order valence-electron chi connectivity index (χ0n) is 24.0. The van der Waals surface area contributed by atoms with Crippen LogP contribution in [0.3, 0.4) is 0 Å². The Morgan fingerprint density at radius 1 is 0.732 bits per heavy atom. The maximum Gasteiger partial charge on any atom is 0.338 e. The first-order valence-corrected chi connectivity index (χ1v) is 13.4. The summed E-state index contributed by atoms with van der Waals surface area (Å²) in [7, 11) is 0. The molecule has 3 aromatic carbocycles. The molecule has 0 aromatic heterocycles. The zero-order valence-corrected chi connectivity index (χ0v) is 24.0. The summed E-state index contributed by atoms with van der Waals surface area (Å²) in [4.78, 5) is 36.4. The largest absolute Gasteiger partial charge is 0.462 e. The SMILES string of the molecule is C=C(C)C(=O)OCC1CCc2ccc(-c3ccc(-c4ccc(OC(=O)C(=C)C)c(OC(=O)C(=C)C)c4)c(C)c3)cc21. The second-order valence-corrected chi connectivity index (χ2v) is 10.6. The lowest BCUT2D eigenvalue weighted by atomic mass is 9.93. The van der Waals surface area contributed by atoms with Crippen LogP contribution in [0.5, 0.6) is 11.5 Å². The van der Waals surface area contributed by atoms with E-state index in [4.69, 9.17) is 14.2 Å². The predicted octanol–water partition coefficient (Wildman–Crippen LogP) is 7.44. The van der Waals surface area contributed by atoms with Crippen LogP contribution in [-0.4, -0.2) is 24.5 Å². The second kappa shape index (κ2) is 12.2. The average Bonchev–Trinajstić information content (AvgIpc) is 3.34. The molecule has 0 fully saturated rings. The number of benzene rings is 3. The summed E-state index contributed by atoms with van der Waals surface area (Å²) in [5, 5.41) is 0. The molecule has 1 unspecified atom stereocenters. The molecule has 0 amide bonds. The van der Waals surface area contributed by atoms with Crippen molar-refractivity contribution < 1.29 is 28.6 Å². The summed E-state index contributed by atoms with van der Waals surface area (Å²) in [6.45, 7) is 18.0. The van der Waals surface area contributed by atoms with Crippen molar-refractivity contribution in [2.24, 2.45) is 0 Å². The monoisotopic (exact) mass is 550 g/mol. The number of carbonyl (C=O) groups excluding carboxylic acids is 3. The average molecular weight is 551 g/mol. The van der Waals surface area contributed by atoms with Crippen LogP contribution in [0.15, 0.2) is 91.1 Å². The van der Waals surface area contributed by atoms with Crippen molar-refractivity contribution in [3.63, 3.8) is 0 Å². The van der Waals surface area contributed by atoms with Gasteiger partial charge in [-0.1, -0.05) is 62.2 Å². The highest BCUT2D eigenvalue weighted by Crippen LogP contribution is 2.39. The molecule has 0 saturated carbocycles. The molecule has 0 N–H and O–H groups in total. The maximum absolute atomic E-state index is 12.3. The molecule has 210 valence electrons. The molecule has 0 radical (unpaired) electrons. The van der Waals surface area contributed by atoms with Gasteiger partial charge in [0, 0.05) is 22.6 Å². The standard InChI is InChI=1S/C35H34O6/c1-20(2)33(36)39-19-28-11-9-24-8-10-26(17-30(24)28)25-12-14-29(23(7)16-25)27-13-15-31(40-34(37)21(3)4)32(18-27)41-35(38)22(5)6/h8,10,12-18,28H,1,3,5,9,11,19H2,2,4,6-7H3. The third-order valence-electron chi connectivity index (χ3n) is 7.03. The first-order chi connectivity index (χ1) is 19.4. The molecule has 0 bridgehead atoms. The summed E-state index contributed by atoms with van der Waals surface area (Å²) in [6.07, 6.45) is 1.90. The third-order valence-corrected chi connectivity index (χ3v) is 7.03. The van der Waals surface area contributed by atoms with Crippen LogP contribution in [0, 0.1) is 6.92 Å². The fourth-order valence-corrected chi connectivity index (χ4v) is 4.72. The van der Waals surface area contributed by atoms with Gasteiger partial charge in [-0.05, 0) is 91.6 Å². The molecule has 6 heteroatoms. The van der Waals surface area contributed by atoms with E-state index in [0.717, 1.165) is 40.7 Å². The van der Waals surface area contributed by atoms with Crippen LogP contribution in [0.1, 0.15) is 49.8 Å². The van der Waals surface area contributed by atoms with Gasteiger partial charge in [0.1, 0.15) is 0 Å². The minimum absolute atomic E-state index is 0.116. The van der Waals surface area contributed by atoms with Gasteiger partial charge < -0.3 is 14.2 Å². The highest BCUT2D eigenvalue weighted by atomic mass is 16.6. The van der Waals surface area contributed by atoms with E-state index in [0.29, 0.717) is 12.2 Å². The highest BCUT2D eigenvalue weighted by Gasteiger charge is 2.25. The van der Waals surface area contributed by atoms with E-state index in [2.05, 4.69) is 44.0 Å². The minimum atomic E-state index is -0.619. The number of fused-ring (bicyclic) bond motifs is 1. The zero-order chi connectivity index (χ0) is 29.8. The second-order valence-electron chi connectivity index (χ2n) is 10.6. The minimum Gasteiger partial charge on any atom is -0.462 e. The number of rotatable bonds is 9. The quantitative estimate of drug-likeness (QED) is 0.157. The molecule has 41 heavy (non-hydrogen) atoms. The smallest absolute Gasteiger partial charge is 0.338 e. The van der Waals surface area contributed by atoms with Gasteiger partial charge >= 0.3 is 17.9 Å². The molecule has 4 rings (SSSR count).